The average molecular weight is 432 g/mol. The molecule has 1 aliphatic rings. The maximum absolute atomic E-state index is 13.6. The van der Waals surface area contributed by atoms with Gasteiger partial charge in [-0.1, -0.05) is 43.4 Å². The maximum Gasteiger partial charge on any atom is 0.260 e. The van der Waals surface area contributed by atoms with Crippen molar-refractivity contribution in [3.63, 3.8) is 0 Å². The molecule has 156 valence electrons. The number of rotatable bonds is 5. The zero-order valence-corrected chi connectivity index (χ0v) is 18.1. The normalized spacial score (nSPS) is 12.5. The van der Waals surface area contributed by atoms with E-state index in [2.05, 4.69) is 24.9 Å². The van der Waals surface area contributed by atoms with Gasteiger partial charge in [0.05, 0.1) is 22.5 Å². The van der Waals surface area contributed by atoms with Gasteiger partial charge in [-0.3, -0.25) is 14.7 Å². The molecule has 5 rings (SSSR count). The van der Waals surface area contributed by atoms with E-state index in [-0.39, 0.29) is 12.7 Å². The van der Waals surface area contributed by atoms with E-state index in [1.165, 1.54) is 16.9 Å². The second-order valence-electron chi connectivity index (χ2n) is 7.63. The van der Waals surface area contributed by atoms with Gasteiger partial charge in [0.15, 0.2) is 16.6 Å². The zero-order chi connectivity index (χ0) is 21.4. The van der Waals surface area contributed by atoms with Crippen molar-refractivity contribution in [3.05, 3.63) is 77.6 Å². The van der Waals surface area contributed by atoms with Gasteiger partial charge >= 0.3 is 0 Å². The number of nitrogens with zero attached hydrogens (tertiary/aromatic N) is 3. The van der Waals surface area contributed by atoms with Gasteiger partial charge in [-0.2, -0.15) is 0 Å². The average Bonchev–Trinajstić information content (AvgIpc) is 3.43. The van der Waals surface area contributed by atoms with Gasteiger partial charge in [0, 0.05) is 11.8 Å². The third kappa shape index (κ3) is 3.72. The van der Waals surface area contributed by atoms with Crippen LogP contribution in [0.2, 0.25) is 0 Å². The molecule has 0 spiro atoms. The minimum absolute atomic E-state index is 0.158. The number of benzene rings is 2. The minimum atomic E-state index is -0.158. The molecule has 31 heavy (non-hydrogen) atoms. The van der Waals surface area contributed by atoms with Gasteiger partial charge < -0.3 is 9.47 Å². The predicted octanol–water partition coefficient (Wildman–Crippen LogP) is 5.39. The Bertz CT molecular complexity index is 1250. The molecule has 0 radical (unpaired) electrons. The summed E-state index contributed by atoms with van der Waals surface area (Å²) in [5.74, 6) is 1.41. The first kappa shape index (κ1) is 19.5. The van der Waals surface area contributed by atoms with E-state index >= 15 is 0 Å². The summed E-state index contributed by atoms with van der Waals surface area (Å²) in [5.41, 5.74) is 3.43. The molecule has 3 heterocycles. The van der Waals surface area contributed by atoms with Crippen molar-refractivity contribution in [2.24, 2.45) is 0 Å². The number of anilines is 1. The van der Waals surface area contributed by atoms with Crippen LogP contribution in [0.3, 0.4) is 0 Å². The number of hydrogen-bond donors (Lipinski definition) is 0. The van der Waals surface area contributed by atoms with E-state index in [0.717, 1.165) is 15.9 Å². The van der Waals surface area contributed by atoms with Crippen molar-refractivity contribution < 1.29 is 14.3 Å². The number of fused-ring (bicyclic) bond motifs is 2. The number of para-hydroxylation sites is 1. The van der Waals surface area contributed by atoms with E-state index in [1.54, 1.807) is 29.3 Å². The molecule has 4 aromatic rings. The Labute approximate surface area is 184 Å². The van der Waals surface area contributed by atoms with Crippen molar-refractivity contribution >= 4 is 32.6 Å². The summed E-state index contributed by atoms with van der Waals surface area (Å²) in [4.78, 5) is 24.6. The molecule has 0 saturated heterocycles. The van der Waals surface area contributed by atoms with E-state index in [0.29, 0.717) is 34.7 Å². The molecule has 0 unspecified atom stereocenters. The van der Waals surface area contributed by atoms with Crippen molar-refractivity contribution in [1.82, 2.24) is 9.97 Å². The molecule has 0 aliphatic carbocycles. The van der Waals surface area contributed by atoms with Gasteiger partial charge in [-0.15, -0.1) is 0 Å². The fraction of sp³-hybridized carbons (Fsp3) is 0.208. The lowest BCUT2D eigenvalue weighted by atomic mass is 10.0. The lowest BCUT2D eigenvalue weighted by Gasteiger charge is -2.20. The predicted molar refractivity (Wildman–Crippen MR) is 121 cm³/mol. The molecule has 2 aromatic heterocycles. The van der Waals surface area contributed by atoms with Crippen molar-refractivity contribution in [2.75, 3.05) is 11.7 Å². The van der Waals surface area contributed by atoms with Gasteiger partial charge in [0.1, 0.15) is 0 Å². The molecule has 6 nitrogen and oxygen atoms in total. The minimum Gasteiger partial charge on any atom is -0.454 e. The van der Waals surface area contributed by atoms with Crippen LogP contribution in [-0.2, 0) is 6.54 Å². The van der Waals surface area contributed by atoms with Gasteiger partial charge in [-0.05, 0) is 47.9 Å². The van der Waals surface area contributed by atoms with Crippen LogP contribution in [0, 0.1) is 0 Å². The molecule has 0 fully saturated rings. The van der Waals surface area contributed by atoms with Crippen LogP contribution < -0.4 is 14.4 Å². The van der Waals surface area contributed by atoms with Crippen LogP contribution in [0.25, 0.3) is 10.2 Å². The maximum atomic E-state index is 13.6. The fourth-order valence-electron chi connectivity index (χ4n) is 3.60. The highest BCUT2D eigenvalue weighted by Gasteiger charge is 2.25. The van der Waals surface area contributed by atoms with E-state index in [4.69, 9.17) is 14.5 Å². The summed E-state index contributed by atoms with van der Waals surface area (Å²) in [5, 5.41) is 0.649. The van der Waals surface area contributed by atoms with Crippen molar-refractivity contribution in [1.29, 1.82) is 0 Å². The Morgan fingerprint density at radius 3 is 2.77 bits per heavy atom. The lowest BCUT2D eigenvalue weighted by molar-refractivity contribution is 0.0984. The molecular formula is C24H21N3O3S. The van der Waals surface area contributed by atoms with Crippen molar-refractivity contribution in [3.8, 4) is 11.5 Å². The van der Waals surface area contributed by atoms with Crippen LogP contribution >= 0.6 is 11.3 Å². The molecule has 7 heteroatoms. The topological polar surface area (TPSA) is 64.6 Å². The summed E-state index contributed by atoms with van der Waals surface area (Å²) < 4.78 is 11.9. The largest absolute Gasteiger partial charge is 0.454 e. The molecule has 0 N–H and O–H groups in total. The standard InChI is InChI=1S/C24H21N3O3S/c1-15(2)18-7-5-8-21-22(18)26-24(31-21)27(13-17-6-3-4-11-25-17)23(28)16-9-10-19-20(12-16)30-14-29-19/h3-12,15H,13-14H2,1-2H3. The third-order valence-corrected chi connectivity index (χ3v) is 6.25. The van der Waals surface area contributed by atoms with E-state index in [9.17, 15) is 4.79 Å². The summed E-state index contributed by atoms with van der Waals surface area (Å²) in [7, 11) is 0. The number of ether oxygens (including phenoxy) is 2. The molecule has 1 aliphatic heterocycles. The summed E-state index contributed by atoms with van der Waals surface area (Å²) in [6, 6.07) is 17.1. The number of aromatic nitrogens is 2. The van der Waals surface area contributed by atoms with Crippen LogP contribution in [-0.4, -0.2) is 22.7 Å². The Balaban J connectivity index is 1.58. The van der Waals surface area contributed by atoms with Crippen LogP contribution in [0.1, 0.15) is 41.4 Å². The smallest absolute Gasteiger partial charge is 0.260 e. The Morgan fingerprint density at radius 2 is 1.97 bits per heavy atom. The van der Waals surface area contributed by atoms with Gasteiger partial charge in [0.2, 0.25) is 6.79 Å². The number of carbonyl (C=O) groups is 1. The summed E-state index contributed by atoms with van der Waals surface area (Å²) in [6.07, 6.45) is 1.73. The fourth-order valence-corrected chi connectivity index (χ4v) is 4.60. The van der Waals surface area contributed by atoms with Crippen LogP contribution in [0.5, 0.6) is 11.5 Å². The number of carbonyl (C=O) groups excluding carboxylic acids is 1. The van der Waals surface area contributed by atoms with Gasteiger partial charge in [-0.25, -0.2) is 4.98 Å². The quantitative estimate of drug-likeness (QED) is 0.424. The Hall–Kier alpha value is -3.45. The van der Waals surface area contributed by atoms with Gasteiger partial charge in [0.25, 0.3) is 5.91 Å². The number of pyridine rings is 1. The SMILES string of the molecule is CC(C)c1cccc2sc(N(Cc3ccccn3)C(=O)c3ccc4c(c3)OCO4)nc12. The van der Waals surface area contributed by atoms with E-state index in [1.807, 2.05) is 30.3 Å². The summed E-state index contributed by atoms with van der Waals surface area (Å²) in [6.45, 7) is 4.79. The molecule has 0 atom stereocenters. The van der Waals surface area contributed by atoms with Crippen LogP contribution in [0.4, 0.5) is 5.13 Å². The first-order valence-corrected chi connectivity index (χ1v) is 10.9. The highest BCUT2D eigenvalue weighted by Crippen LogP contribution is 2.36. The Kier molecular flexibility index (Phi) is 5.03. The van der Waals surface area contributed by atoms with Crippen molar-refractivity contribution in [2.45, 2.75) is 26.3 Å². The molecule has 0 bridgehead atoms. The second kappa shape index (κ2) is 8.00. The second-order valence-corrected chi connectivity index (χ2v) is 8.63. The summed E-state index contributed by atoms with van der Waals surface area (Å²) >= 11 is 1.51. The first-order chi connectivity index (χ1) is 15.1. The highest BCUT2D eigenvalue weighted by molar-refractivity contribution is 7.22. The first-order valence-electron chi connectivity index (χ1n) is 10.1. The molecule has 1 amide bonds. The Morgan fingerprint density at radius 1 is 1.10 bits per heavy atom. The van der Waals surface area contributed by atoms with Crippen LogP contribution in [0.15, 0.2) is 60.8 Å². The highest BCUT2D eigenvalue weighted by atomic mass is 32.1. The zero-order valence-electron chi connectivity index (χ0n) is 17.2. The molecule has 0 saturated carbocycles. The lowest BCUT2D eigenvalue weighted by Crippen LogP contribution is -2.30. The number of amides is 1. The van der Waals surface area contributed by atoms with E-state index < -0.39 is 0 Å². The third-order valence-electron chi connectivity index (χ3n) is 5.20. The number of thiazole rings is 1. The number of hydrogen-bond acceptors (Lipinski definition) is 6. The monoisotopic (exact) mass is 431 g/mol. The molecule has 2 aromatic carbocycles. The molecular weight excluding hydrogens is 410 g/mol.